The van der Waals surface area contributed by atoms with Crippen LogP contribution in [0.4, 0.5) is 0 Å². The molecule has 5 nitrogen and oxygen atoms in total. The molecule has 2 heterocycles. The van der Waals surface area contributed by atoms with E-state index in [0.29, 0.717) is 28.8 Å². The fraction of sp³-hybridized carbons (Fsp3) is 0.312. The largest absolute Gasteiger partial charge is 0.487 e. The van der Waals surface area contributed by atoms with Gasteiger partial charge in [-0.15, -0.1) is 0 Å². The molecule has 1 atom stereocenters. The van der Waals surface area contributed by atoms with Gasteiger partial charge in [-0.25, -0.2) is 8.42 Å². The van der Waals surface area contributed by atoms with Gasteiger partial charge in [-0.1, -0.05) is 29.8 Å². The van der Waals surface area contributed by atoms with Crippen LogP contribution in [0.15, 0.2) is 53.7 Å². The highest BCUT2D eigenvalue weighted by molar-refractivity contribution is 7.89. The van der Waals surface area contributed by atoms with Gasteiger partial charge in [0, 0.05) is 25.0 Å². The van der Waals surface area contributed by atoms with E-state index in [1.807, 2.05) is 0 Å². The van der Waals surface area contributed by atoms with E-state index in [2.05, 4.69) is 4.98 Å². The Bertz CT molecular complexity index is 768. The fourth-order valence-corrected chi connectivity index (χ4v) is 4.29. The number of halogens is 1. The Hall–Kier alpha value is -1.63. The lowest BCUT2D eigenvalue weighted by atomic mass is 10.1. The lowest BCUT2D eigenvalue weighted by Gasteiger charge is -2.32. The van der Waals surface area contributed by atoms with Crippen LogP contribution in [0.2, 0.25) is 5.02 Å². The number of nitrogens with zero attached hydrogens (tertiary/aromatic N) is 2. The van der Waals surface area contributed by atoms with Gasteiger partial charge in [0.2, 0.25) is 10.0 Å². The maximum absolute atomic E-state index is 12.7. The Morgan fingerprint density at radius 2 is 2.00 bits per heavy atom. The summed E-state index contributed by atoms with van der Waals surface area (Å²) in [5.74, 6) is 0.533. The Kier molecular flexibility index (Phi) is 4.84. The number of hydrogen-bond donors (Lipinski definition) is 0. The summed E-state index contributed by atoms with van der Waals surface area (Å²) in [4.78, 5) is 4.22. The maximum atomic E-state index is 12.7. The summed E-state index contributed by atoms with van der Waals surface area (Å²) in [7, 11) is -3.49. The minimum Gasteiger partial charge on any atom is -0.487 e. The van der Waals surface area contributed by atoms with E-state index in [4.69, 9.17) is 16.3 Å². The zero-order valence-corrected chi connectivity index (χ0v) is 14.0. The molecule has 3 rings (SSSR count). The zero-order valence-electron chi connectivity index (χ0n) is 12.4. The van der Waals surface area contributed by atoms with Gasteiger partial charge in [0.05, 0.1) is 11.4 Å². The number of piperidine rings is 1. The predicted molar refractivity (Wildman–Crippen MR) is 88.1 cm³/mol. The SMILES string of the molecule is O=S(=O)(c1ccccc1)N1CCC[C@@H](Oc2ccncc2Cl)C1. The molecule has 0 saturated carbocycles. The van der Waals surface area contributed by atoms with E-state index in [-0.39, 0.29) is 6.10 Å². The van der Waals surface area contributed by atoms with Crippen molar-refractivity contribution in [1.29, 1.82) is 0 Å². The molecular weight excluding hydrogens is 336 g/mol. The van der Waals surface area contributed by atoms with E-state index in [1.165, 1.54) is 10.5 Å². The summed E-state index contributed by atoms with van der Waals surface area (Å²) in [5.41, 5.74) is 0. The number of rotatable bonds is 4. The smallest absolute Gasteiger partial charge is 0.243 e. The summed E-state index contributed by atoms with van der Waals surface area (Å²) >= 11 is 6.05. The Labute approximate surface area is 140 Å². The molecule has 2 aromatic rings. The first kappa shape index (κ1) is 16.2. The summed E-state index contributed by atoms with van der Waals surface area (Å²) in [6.45, 7) is 0.817. The summed E-state index contributed by atoms with van der Waals surface area (Å²) in [6.07, 6.45) is 4.43. The molecule has 23 heavy (non-hydrogen) atoms. The minimum absolute atomic E-state index is 0.220. The quantitative estimate of drug-likeness (QED) is 0.848. The van der Waals surface area contributed by atoms with Crippen molar-refractivity contribution < 1.29 is 13.2 Å². The van der Waals surface area contributed by atoms with Crippen molar-refractivity contribution in [3.05, 3.63) is 53.8 Å². The van der Waals surface area contributed by atoms with Crippen molar-refractivity contribution in [3.8, 4) is 5.75 Å². The van der Waals surface area contributed by atoms with Crippen LogP contribution in [0, 0.1) is 0 Å². The maximum Gasteiger partial charge on any atom is 0.243 e. The summed E-state index contributed by atoms with van der Waals surface area (Å²) in [6, 6.07) is 10.2. The normalized spacial score (nSPS) is 19.4. The molecule has 1 aromatic heterocycles. The van der Waals surface area contributed by atoms with Crippen molar-refractivity contribution in [3.63, 3.8) is 0 Å². The molecule has 1 aromatic carbocycles. The molecular formula is C16H17ClN2O3S. The summed E-state index contributed by atoms with van der Waals surface area (Å²) < 4.78 is 32.7. The van der Waals surface area contributed by atoms with Gasteiger partial charge in [-0.3, -0.25) is 4.98 Å². The predicted octanol–water partition coefficient (Wildman–Crippen LogP) is 2.97. The molecule has 122 valence electrons. The monoisotopic (exact) mass is 352 g/mol. The van der Waals surface area contributed by atoms with Crippen molar-refractivity contribution in [2.24, 2.45) is 0 Å². The average molecular weight is 353 g/mol. The zero-order chi connectivity index (χ0) is 16.3. The lowest BCUT2D eigenvalue weighted by Crippen LogP contribution is -2.44. The number of pyridine rings is 1. The molecule has 1 aliphatic rings. The molecule has 0 amide bonds. The fourth-order valence-electron chi connectivity index (χ4n) is 2.60. The number of benzene rings is 1. The van der Waals surface area contributed by atoms with E-state index in [9.17, 15) is 8.42 Å². The van der Waals surface area contributed by atoms with E-state index in [1.54, 1.807) is 42.6 Å². The third kappa shape index (κ3) is 3.65. The van der Waals surface area contributed by atoms with Gasteiger partial charge in [0.1, 0.15) is 16.9 Å². The third-order valence-corrected chi connectivity index (χ3v) is 5.91. The molecule has 0 bridgehead atoms. The van der Waals surface area contributed by atoms with Crippen LogP contribution < -0.4 is 4.74 Å². The van der Waals surface area contributed by atoms with Crippen LogP contribution >= 0.6 is 11.6 Å². The van der Waals surface area contributed by atoms with Gasteiger partial charge in [-0.2, -0.15) is 4.31 Å². The van der Waals surface area contributed by atoms with Crippen molar-refractivity contribution in [1.82, 2.24) is 9.29 Å². The van der Waals surface area contributed by atoms with E-state index < -0.39 is 10.0 Å². The molecule has 0 spiro atoms. The van der Waals surface area contributed by atoms with Crippen molar-refractivity contribution in [2.45, 2.75) is 23.8 Å². The topological polar surface area (TPSA) is 59.5 Å². The van der Waals surface area contributed by atoms with Gasteiger partial charge in [0.15, 0.2) is 0 Å². The van der Waals surface area contributed by atoms with Gasteiger partial charge in [-0.05, 0) is 25.0 Å². The van der Waals surface area contributed by atoms with Crippen LogP contribution in [0.3, 0.4) is 0 Å². The van der Waals surface area contributed by atoms with Crippen LogP contribution in [-0.4, -0.2) is 36.9 Å². The number of sulfonamides is 1. The molecule has 1 saturated heterocycles. The van der Waals surface area contributed by atoms with Crippen LogP contribution in [-0.2, 0) is 10.0 Å². The molecule has 0 unspecified atom stereocenters. The molecule has 1 fully saturated rings. The average Bonchev–Trinajstić information content (AvgIpc) is 2.58. The Balaban J connectivity index is 1.75. The van der Waals surface area contributed by atoms with Crippen molar-refractivity contribution >= 4 is 21.6 Å². The second kappa shape index (κ2) is 6.86. The van der Waals surface area contributed by atoms with Gasteiger partial charge >= 0.3 is 0 Å². The van der Waals surface area contributed by atoms with Gasteiger partial charge < -0.3 is 4.74 Å². The van der Waals surface area contributed by atoms with Crippen LogP contribution in [0.1, 0.15) is 12.8 Å². The van der Waals surface area contributed by atoms with Gasteiger partial charge in [0.25, 0.3) is 0 Å². The molecule has 0 radical (unpaired) electrons. The highest BCUT2D eigenvalue weighted by atomic mass is 35.5. The second-order valence-corrected chi connectivity index (χ2v) is 7.71. The highest BCUT2D eigenvalue weighted by Crippen LogP contribution is 2.27. The first-order valence-electron chi connectivity index (χ1n) is 7.39. The lowest BCUT2D eigenvalue weighted by molar-refractivity contribution is 0.130. The van der Waals surface area contributed by atoms with Crippen LogP contribution in [0.25, 0.3) is 0 Å². The Morgan fingerprint density at radius 3 is 2.74 bits per heavy atom. The highest BCUT2D eigenvalue weighted by Gasteiger charge is 2.31. The standard InChI is InChI=1S/C16H17ClN2O3S/c17-15-11-18-9-8-16(15)22-13-5-4-10-19(12-13)23(20,21)14-6-2-1-3-7-14/h1-3,6-9,11,13H,4-5,10,12H2/t13-/m1/s1. The first-order valence-corrected chi connectivity index (χ1v) is 9.20. The van der Waals surface area contributed by atoms with E-state index >= 15 is 0 Å². The first-order chi connectivity index (χ1) is 11.1. The molecule has 0 aliphatic carbocycles. The number of ether oxygens (including phenoxy) is 1. The minimum atomic E-state index is -3.49. The number of hydrogen-bond acceptors (Lipinski definition) is 4. The molecule has 7 heteroatoms. The second-order valence-electron chi connectivity index (χ2n) is 5.36. The molecule has 1 aliphatic heterocycles. The molecule has 0 N–H and O–H groups in total. The number of aromatic nitrogens is 1. The third-order valence-electron chi connectivity index (χ3n) is 3.75. The van der Waals surface area contributed by atoms with Crippen LogP contribution in [0.5, 0.6) is 5.75 Å². The summed E-state index contributed by atoms with van der Waals surface area (Å²) in [5, 5.41) is 0.426. The van der Waals surface area contributed by atoms with E-state index in [0.717, 1.165) is 12.8 Å². The van der Waals surface area contributed by atoms with Crippen molar-refractivity contribution in [2.75, 3.05) is 13.1 Å². The Morgan fingerprint density at radius 1 is 1.22 bits per heavy atom.